The summed E-state index contributed by atoms with van der Waals surface area (Å²) < 4.78 is 0. The molecule has 0 radical (unpaired) electrons. The van der Waals surface area contributed by atoms with E-state index >= 15 is 0 Å². The van der Waals surface area contributed by atoms with Crippen molar-refractivity contribution in [3.05, 3.63) is 34.0 Å². The summed E-state index contributed by atoms with van der Waals surface area (Å²) in [7, 11) is 3.75. The van der Waals surface area contributed by atoms with Gasteiger partial charge in [-0.2, -0.15) is 0 Å². The number of ketones is 1. The smallest absolute Gasteiger partial charge is 0.232 e. The fraction of sp³-hybridized carbons (Fsp3) is 0.455. The van der Waals surface area contributed by atoms with E-state index in [9.17, 15) is 9.90 Å². The molecule has 0 amide bonds. The van der Waals surface area contributed by atoms with E-state index in [1.54, 1.807) is 6.92 Å². The van der Waals surface area contributed by atoms with Gasteiger partial charge >= 0.3 is 0 Å². The minimum absolute atomic E-state index is 0.0434. The van der Waals surface area contributed by atoms with Crippen LogP contribution in [0.15, 0.2) is 22.6 Å². The molecule has 1 aliphatic rings. The molecule has 1 N–H and O–H groups in total. The van der Waals surface area contributed by atoms with Gasteiger partial charge in [-0.05, 0) is 32.2 Å². The van der Waals surface area contributed by atoms with E-state index in [0.29, 0.717) is 17.7 Å². The van der Waals surface area contributed by atoms with Crippen LogP contribution in [0.3, 0.4) is 0 Å². The number of aliphatic hydroxyl groups is 1. The highest BCUT2D eigenvalue weighted by Crippen LogP contribution is 2.27. The number of carbonyl (C=O) groups is 1. The van der Waals surface area contributed by atoms with Crippen molar-refractivity contribution >= 4 is 5.78 Å². The predicted octanol–water partition coefficient (Wildman–Crippen LogP) is 1.53. The molecular weight excluding hydrogens is 192 g/mol. The highest BCUT2D eigenvalue weighted by molar-refractivity contribution is 6.01. The molecular formula is C11H14N2O2. The molecule has 0 aliphatic heterocycles. The third-order valence-corrected chi connectivity index (χ3v) is 2.33. The van der Waals surface area contributed by atoms with Crippen LogP contribution in [0.1, 0.15) is 13.3 Å². The maximum atomic E-state index is 11.4. The van der Waals surface area contributed by atoms with Crippen molar-refractivity contribution in [2.45, 2.75) is 13.3 Å². The summed E-state index contributed by atoms with van der Waals surface area (Å²) in [6.07, 6.45) is -0.0434. The van der Waals surface area contributed by atoms with Crippen molar-refractivity contribution in [1.82, 2.24) is 4.90 Å². The zero-order valence-electron chi connectivity index (χ0n) is 9.16. The average molecular weight is 206 g/mol. The Morgan fingerprint density at radius 1 is 1.53 bits per heavy atom. The van der Waals surface area contributed by atoms with Crippen molar-refractivity contribution < 1.29 is 9.90 Å². The van der Waals surface area contributed by atoms with Gasteiger partial charge in [-0.15, -0.1) is 0 Å². The summed E-state index contributed by atoms with van der Waals surface area (Å²) >= 11 is 0. The molecule has 15 heavy (non-hydrogen) atoms. The summed E-state index contributed by atoms with van der Waals surface area (Å²) in [6.45, 7) is 9.18. The number of hydrogen-bond acceptors (Lipinski definition) is 3. The van der Waals surface area contributed by atoms with E-state index in [1.165, 1.54) is 0 Å². The van der Waals surface area contributed by atoms with Crippen LogP contribution in [0.25, 0.3) is 4.85 Å². The van der Waals surface area contributed by atoms with Gasteiger partial charge in [-0.25, -0.2) is 4.85 Å². The van der Waals surface area contributed by atoms with E-state index in [4.69, 9.17) is 6.57 Å². The van der Waals surface area contributed by atoms with E-state index < -0.39 is 0 Å². The highest BCUT2D eigenvalue weighted by atomic mass is 16.3. The third kappa shape index (κ3) is 2.25. The fourth-order valence-corrected chi connectivity index (χ4v) is 1.58. The molecule has 0 fully saturated rings. The summed E-state index contributed by atoms with van der Waals surface area (Å²) in [4.78, 5) is 16.5. The molecule has 0 unspecified atom stereocenters. The second-order valence-electron chi connectivity index (χ2n) is 3.85. The van der Waals surface area contributed by atoms with E-state index in [2.05, 4.69) is 4.85 Å². The lowest BCUT2D eigenvalue weighted by Gasteiger charge is -2.20. The summed E-state index contributed by atoms with van der Waals surface area (Å²) in [5.74, 6) is -0.193. The summed E-state index contributed by atoms with van der Waals surface area (Å²) in [5, 5.41) is 9.67. The average Bonchev–Trinajstić information content (AvgIpc) is 2.12. The van der Waals surface area contributed by atoms with Crippen LogP contribution in [-0.4, -0.2) is 36.4 Å². The number of carbonyl (C=O) groups excluding carboxylic acids is 1. The molecule has 0 saturated carbocycles. The van der Waals surface area contributed by atoms with Gasteiger partial charge in [0.1, 0.15) is 5.76 Å². The molecule has 0 spiro atoms. The molecule has 0 saturated heterocycles. The number of nitrogens with zero attached hydrogens (tertiary/aromatic N) is 2. The van der Waals surface area contributed by atoms with Crippen molar-refractivity contribution in [2.24, 2.45) is 0 Å². The third-order valence-electron chi connectivity index (χ3n) is 2.33. The van der Waals surface area contributed by atoms with Crippen molar-refractivity contribution in [2.75, 3.05) is 20.6 Å². The Balaban J connectivity index is 3.15. The fourth-order valence-electron chi connectivity index (χ4n) is 1.58. The normalized spacial score (nSPS) is 17.4. The van der Waals surface area contributed by atoms with Crippen molar-refractivity contribution in [3.63, 3.8) is 0 Å². The Kier molecular flexibility index (Phi) is 3.28. The number of likely N-dealkylation sites (N-methyl/N-ethyl adjacent to an activating group) is 1. The Morgan fingerprint density at radius 2 is 2.13 bits per heavy atom. The summed E-state index contributed by atoms with van der Waals surface area (Å²) in [6, 6.07) is 0. The first-order valence-corrected chi connectivity index (χ1v) is 4.65. The van der Waals surface area contributed by atoms with Crippen LogP contribution in [0, 0.1) is 6.57 Å². The SMILES string of the molecule is [C-]#[N+]C1=C(C)C(CN(C)C)=C(O)CC1=O. The van der Waals surface area contributed by atoms with Crippen LogP contribution in [0.5, 0.6) is 0 Å². The number of rotatable bonds is 2. The lowest BCUT2D eigenvalue weighted by molar-refractivity contribution is -0.115. The van der Waals surface area contributed by atoms with Gasteiger partial charge in [0, 0.05) is 6.54 Å². The van der Waals surface area contributed by atoms with Gasteiger partial charge in [-0.3, -0.25) is 0 Å². The van der Waals surface area contributed by atoms with Crippen molar-refractivity contribution in [3.8, 4) is 0 Å². The standard InChI is InChI=1S/C11H14N2O2/c1-7-8(6-13(3)4)9(14)5-10(15)11(7)12-2/h14H,5-6H2,1,3-4H3. The maximum absolute atomic E-state index is 11.4. The van der Waals surface area contributed by atoms with Gasteiger partial charge in [-0.1, -0.05) is 0 Å². The summed E-state index contributed by atoms with van der Waals surface area (Å²) in [5.41, 5.74) is 1.46. The van der Waals surface area contributed by atoms with Gasteiger partial charge in [0.05, 0.1) is 13.0 Å². The second kappa shape index (κ2) is 4.28. The molecule has 4 heteroatoms. The van der Waals surface area contributed by atoms with Crippen molar-refractivity contribution in [1.29, 1.82) is 0 Å². The van der Waals surface area contributed by atoms with Crippen LogP contribution in [0.4, 0.5) is 0 Å². The molecule has 0 bridgehead atoms. The zero-order chi connectivity index (χ0) is 11.6. The predicted molar refractivity (Wildman–Crippen MR) is 57.1 cm³/mol. The molecule has 1 rings (SSSR count). The van der Waals surface area contributed by atoms with Gasteiger partial charge in [0.15, 0.2) is 5.78 Å². The van der Waals surface area contributed by atoms with Crippen LogP contribution in [0.2, 0.25) is 0 Å². The second-order valence-corrected chi connectivity index (χ2v) is 3.85. The number of allylic oxidation sites excluding steroid dienone is 2. The first-order chi connectivity index (χ1) is 6.97. The lowest BCUT2D eigenvalue weighted by atomic mass is 9.93. The molecule has 80 valence electrons. The van der Waals surface area contributed by atoms with Gasteiger partial charge in [0.2, 0.25) is 5.70 Å². The van der Waals surface area contributed by atoms with Crippen LogP contribution >= 0.6 is 0 Å². The molecule has 0 heterocycles. The molecule has 1 aliphatic carbocycles. The van der Waals surface area contributed by atoms with E-state index in [-0.39, 0.29) is 23.7 Å². The first kappa shape index (κ1) is 11.5. The monoisotopic (exact) mass is 206 g/mol. The quantitative estimate of drug-likeness (QED) is 0.697. The van der Waals surface area contributed by atoms with Crippen LogP contribution < -0.4 is 0 Å². The molecule has 0 atom stereocenters. The molecule has 0 aromatic heterocycles. The minimum Gasteiger partial charge on any atom is -0.512 e. The maximum Gasteiger partial charge on any atom is 0.232 e. The Bertz CT molecular complexity index is 397. The van der Waals surface area contributed by atoms with Gasteiger partial charge in [0.25, 0.3) is 0 Å². The lowest BCUT2D eigenvalue weighted by Crippen LogP contribution is -2.21. The Labute approximate surface area is 89.3 Å². The number of aliphatic hydroxyl groups excluding tert-OH is 1. The van der Waals surface area contributed by atoms with Gasteiger partial charge < -0.3 is 14.8 Å². The minimum atomic E-state index is -0.289. The first-order valence-electron chi connectivity index (χ1n) is 4.65. The Morgan fingerprint density at radius 3 is 2.60 bits per heavy atom. The Hall–Kier alpha value is -1.60. The topological polar surface area (TPSA) is 44.9 Å². The van der Waals surface area contributed by atoms with E-state index in [0.717, 1.165) is 0 Å². The molecule has 0 aromatic carbocycles. The highest BCUT2D eigenvalue weighted by Gasteiger charge is 2.25. The molecule has 0 aromatic rings. The van der Waals surface area contributed by atoms with Crippen LogP contribution in [-0.2, 0) is 4.79 Å². The molecule has 4 nitrogen and oxygen atoms in total. The number of Topliss-reactive ketones (excluding diaryl/α,β-unsaturated/α-hetero) is 1. The van der Waals surface area contributed by atoms with E-state index in [1.807, 2.05) is 19.0 Å². The zero-order valence-corrected chi connectivity index (χ0v) is 9.16. The number of hydrogen-bond donors (Lipinski definition) is 1. The largest absolute Gasteiger partial charge is 0.512 e.